The third kappa shape index (κ3) is 10.7. The molecule has 0 atom stereocenters. The first kappa shape index (κ1) is 23.1. The molecule has 0 saturated carbocycles. The van der Waals surface area contributed by atoms with Crippen LogP contribution in [-0.2, 0) is 28.8 Å². The zero-order valence-corrected chi connectivity index (χ0v) is 16.5. The first-order chi connectivity index (χ1) is 12.9. The second kappa shape index (κ2) is 13.2. The van der Waals surface area contributed by atoms with Crippen molar-refractivity contribution in [1.29, 1.82) is 0 Å². The fourth-order valence-corrected chi connectivity index (χ4v) is 2.49. The van der Waals surface area contributed by atoms with Crippen molar-refractivity contribution in [2.75, 3.05) is 19.8 Å². The van der Waals surface area contributed by atoms with Crippen LogP contribution in [0.3, 0.4) is 0 Å². The molecule has 8 heteroatoms. The van der Waals surface area contributed by atoms with E-state index in [1.165, 1.54) is 0 Å². The molecule has 1 aliphatic rings. The molecule has 27 heavy (non-hydrogen) atoms. The van der Waals surface area contributed by atoms with Gasteiger partial charge in [-0.15, -0.1) is 5.06 Å². The summed E-state index contributed by atoms with van der Waals surface area (Å²) in [6.07, 6.45) is 4.77. The Labute approximate surface area is 160 Å². The van der Waals surface area contributed by atoms with Gasteiger partial charge in [0.15, 0.2) is 0 Å². The van der Waals surface area contributed by atoms with Gasteiger partial charge in [-0.2, -0.15) is 0 Å². The normalized spacial score (nSPS) is 14.1. The second-order valence-electron chi connectivity index (χ2n) is 7.10. The van der Waals surface area contributed by atoms with Gasteiger partial charge in [-0.25, -0.2) is 4.79 Å². The second-order valence-corrected chi connectivity index (χ2v) is 7.10. The zero-order chi connectivity index (χ0) is 20.1. The van der Waals surface area contributed by atoms with Crippen molar-refractivity contribution in [3.8, 4) is 0 Å². The average molecular weight is 384 g/mol. The summed E-state index contributed by atoms with van der Waals surface area (Å²) in [5.74, 6) is -0.886. The highest BCUT2D eigenvalue weighted by Crippen LogP contribution is 2.13. The van der Waals surface area contributed by atoms with E-state index in [-0.39, 0.29) is 25.2 Å². The fourth-order valence-electron chi connectivity index (χ4n) is 2.49. The number of hydroxylamine groups is 2. The van der Waals surface area contributed by atoms with Gasteiger partial charge >= 0.3 is 5.97 Å². The smallest absolute Gasteiger partial charge is 0.333 e. The van der Waals surface area contributed by atoms with Crippen LogP contribution >= 0.6 is 0 Å². The summed E-state index contributed by atoms with van der Waals surface area (Å²) >= 11 is 0. The van der Waals surface area contributed by atoms with E-state index in [1.807, 2.05) is 0 Å². The molecule has 0 spiro atoms. The van der Waals surface area contributed by atoms with Crippen molar-refractivity contribution in [3.63, 3.8) is 0 Å². The maximum absolute atomic E-state index is 11.7. The molecule has 0 aliphatic carbocycles. The average Bonchev–Trinajstić information content (AvgIpc) is 2.92. The summed E-state index contributed by atoms with van der Waals surface area (Å²) in [7, 11) is 0. The number of carbonyl (C=O) groups excluding carboxylic acids is 4. The van der Waals surface area contributed by atoms with E-state index in [9.17, 15) is 19.2 Å². The van der Waals surface area contributed by atoms with E-state index in [1.54, 1.807) is 0 Å². The summed E-state index contributed by atoms with van der Waals surface area (Å²) in [5, 5.41) is 3.39. The van der Waals surface area contributed by atoms with E-state index < -0.39 is 17.8 Å². The number of amides is 3. The lowest BCUT2D eigenvalue weighted by Crippen LogP contribution is -2.31. The van der Waals surface area contributed by atoms with Crippen molar-refractivity contribution >= 4 is 23.7 Å². The van der Waals surface area contributed by atoms with E-state index in [2.05, 4.69) is 19.2 Å². The molecular formula is C19H32N2O6. The molecule has 1 saturated heterocycles. The third-order valence-corrected chi connectivity index (χ3v) is 4.14. The van der Waals surface area contributed by atoms with E-state index >= 15 is 0 Å². The number of unbranched alkanes of at least 4 members (excludes halogenated alkanes) is 3. The van der Waals surface area contributed by atoms with Gasteiger partial charge in [0.25, 0.3) is 11.8 Å². The molecule has 0 aromatic carbocycles. The monoisotopic (exact) mass is 384 g/mol. The van der Waals surface area contributed by atoms with Crippen molar-refractivity contribution < 1.29 is 28.8 Å². The minimum atomic E-state index is -0.575. The van der Waals surface area contributed by atoms with Gasteiger partial charge in [0, 0.05) is 38.8 Å². The Morgan fingerprint density at radius 2 is 1.63 bits per heavy atom. The third-order valence-electron chi connectivity index (χ3n) is 4.14. The summed E-state index contributed by atoms with van der Waals surface area (Å²) in [5.41, 5.74) is 0. The van der Waals surface area contributed by atoms with Gasteiger partial charge in [-0.05, 0) is 25.2 Å². The number of nitrogens with zero attached hydrogens (tertiary/aromatic N) is 1. The largest absolute Gasteiger partial charge is 0.380 e. The summed E-state index contributed by atoms with van der Waals surface area (Å²) in [6.45, 7) is 6.06. The number of nitrogens with one attached hydrogen (secondary N) is 1. The first-order valence-electron chi connectivity index (χ1n) is 9.81. The lowest BCUT2D eigenvalue weighted by atomic mass is 10.1. The van der Waals surface area contributed by atoms with Crippen LogP contribution in [0.1, 0.15) is 71.6 Å². The molecule has 1 N–H and O–H groups in total. The maximum Gasteiger partial charge on any atom is 0.333 e. The Bertz CT molecular complexity index is 490. The standard InChI is InChI=1S/C19H32N2O6/c1-15(2)11-13-26-14-12-20-16(22)7-5-3-4-6-8-19(25)27-21-17(23)9-10-18(21)24/h15H,3-14H2,1-2H3,(H,20,22). The summed E-state index contributed by atoms with van der Waals surface area (Å²) in [6, 6.07) is 0. The Hall–Kier alpha value is -1.96. The summed E-state index contributed by atoms with van der Waals surface area (Å²) in [4.78, 5) is 50.7. The molecule has 154 valence electrons. The Morgan fingerprint density at radius 3 is 2.26 bits per heavy atom. The molecular weight excluding hydrogens is 352 g/mol. The fraction of sp³-hybridized carbons (Fsp3) is 0.789. The lowest BCUT2D eigenvalue weighted by molar-refractivity contribution is -0.197. The molecule has 0 unspecified atom stereocenters. The highest BCUT2D eigenvalue weighted by molar-refractivity contribution is 6.01. The SMILES string of the molecule is CC(C)CCOCCNC(=O)CCCCCCC(=O)ON1C(=O)CCC1=O. The highest BCUT2D eigenvalue weighted by atomic mass is 16.7. The Balaban J connectivity index is 1.93. The molecule has 0 aromatic rings. The molecule has 0 bridgehead atoms. The van der Waals surface area contributed by atoms with Gasteiger partial charge in [0.05, 0.1) is 6.61 Å². The maximum atomic E-state index is 11.7. The van der Waals surface area contributed by atoms with Crippen LogP contribution in [0.5, 0.6) is 0 Å². The molecule has 8 nitrogen and oxygen atoms in total. The molecule has 1 rings (SSSR count). The topological polar surface area (TPSA) is 102 Å². The quantitative estimate of drug-likeness (QED) is 0.363. The van der Waals surface area contributed by atoms with Gasteiger partial charge in [-0.1, -0.05) is 26.7 Å². The van der Waals surface area contributed by atoms with Crippen LogP contribution < -0.4 is 5.32 Å². The van der Waals surface area contributed by atoms with Gasteiger partial charge in [0.1, 0.15) is 0 Å². The predicted octanol–water partition coefficient (Wildman–Crippen LogP) is 2.11. The van der Waals surface area contributed by atoms with Gasteiger partial charge in [-0.3, -0.25) is 14.4 Å². The molecule has 1 fully saturated rings. The van der Waals surface area contributed by atoms with E-state index in [4.69, 9.17) is 9.57 Å². The first-order valence-corrected chi connectivity index (χ1v) is 9.81. The summed E-state index contributed by atoms with van der Waals surface area (Å²) < 4.78 is 5.43. The van der Waals surface area contributed by atoms with Crippen LogP contribution in [0, 0.1) is 5.92 Å². The number of hydrogen-bond acceptors (Lipinski definition) is 6. The van der Waals surface area contributed by atoms with Crippen molar-refractivity contribution in [2.24, 2.45) is 5.92 Å². The van der Waals surface area contributed by atoms with Gasteiger partial charge in [0.2, 0.25) is 5.91 Å². The van der Waals surface area contributed by atoms with Crippen LogP contribution in [0.25, 0.3) is 0 Å². The number of ether oxygens (including phenoxy) is 1. The van der Waals surface area contributed by atoms with Crippen molar-refractivity contribution in [3.05, 3.63) is 0 Å². The molecule has 0 aromatic heterocycles. The predicted molar refractivity (Wildman–Crippen MR) is 98.2 cm³/mol. The molecule has 1 heterocycles. The minimum absolute atomic E-state index is 0.00734. The van der Waals surface area contributed by atoms with Crippen LogP contribution in [0.15, 0.2) is 0 Å². The molecule has 0 radical (unpaired) electrons. The zero-order valence-electron chi connectivity index (χ0n) is 16.5. The lowest BCUT2D eigenvalue weighted by Gasteiger charge is -2.12. The van der Waals surface area contributed by atoms with Crippen LogP contribution in [-0.4, -0.2) is 48.5 Å². The van der Waals surface area contributed by atoms with Crippen LogP contribution in [0.2, 0.25) is 0 Å². The number of rotatable bonds is 14. The Morgan fingerprint density at radius 1 is 1.00 bits per heavy atom. The number of hydrogen-bond donors (Lipinski definition) is 1. The highest BCUT2D eigenvalue weighted by Gasteiger charge is 2.32. The molecule has 1 aliphatic heterocycles. The van der Waals surface area contributed by atoms with Crippen LogP contribution in [0.4, 0.5) is 0 Å². The van der Waals surface area contributed by atoms with Crippen molar-refractivity contribution in [1.82, 2.24) is 10.4 Å². The molecule has 3 amide bonds. The minimum Gasteiger partial charge on any atom is -0.380 e. The number of imide groups is 1. The van der Waals surface area contributed by atoms with E-state index in [0.717, 1.165) is 32.3 Å². The Kier molecular flexibility index (Phi) is 11.3. The van der Waals surface area contributed by atoms with E-state index in [0.29, 0.717) is 37.0 Å². The number of carbonyl (C=O) groups is 4. The van der Waals surface area contributed by atoms with Crippen molar-refractivity contribution in [2.45, 2.75) is 71.6 Å². The van der Waals surface area contributed by atoms with Gasteiger partial charge < -0.3 is 14.9 Å².